The van der Waals surface area contributed by atoms with Gasteiger partial charge in [-0.15, -0.1) is 0 Å². The van der Waals surface area contributed by atoms with E-state index in [-0.39, 0.29) is 0 Å². The molecule has 0 aliphatic heterocycles. The summed E-state index contributed by atoms with van der Waals surface area (Å²) in [5.41, 5.74) is 2.63. The SMILES string of the molecule is CCc1nc(CC)n(-c2ccc(C=O)c(C)c2)n1. The summed E-state index contributed by atoms with van der Waals surface area (Å²) in [6, 6.07) is 5.70. The van der Waals surface area contributed by atoms with E-state index >= 15 is 0 Å². The second kappa shape index (κ2) is 5.12. The molecule has 0 fully saturated rings. The van der Waals surface area contributed by atoms with Crippen molar-refractivity contribution in [1.82, 2.24) is 14.8 Å². The summed E-state index contributed by atoms with van der Waals surface area (Å²) in [7, 11) is 0. The minimum Gasteiger partial charge on any atom is -0.298 e. The fourth-order valence-corrected chi connectivity index (χ4v) is 1.90. The maximum Gasteiger partial charge on any atom is 0.151 e. The lowest BCUT2D eigenvalue weighted by Crippen LogP contribution is -2.03. The Morgan fingerprint density at radius 2 is 2.06 bits per heavy atom. The molecule has 18 heavy (non-hydrogen) atoms. The molecule has 0 aliphatic rings. The number of aryl methyl sites for hydroxylation is 3. The van der Waals surface area contributed by atoms with Gasteiger partial charge in [0.15, 0.2) is 5.82 Å². The monoisotopic (exact) mass is 243 g/mol. The van der Waals surface area contributed by atoms with Crippen molar-refractivity contribution in [2.45, 2.75) is 33.6 Å². The van der Waals surface area contributed by atoms with E-state index in [9.17, 15) is 4.79 Å². The first-order valence-corrected chi connectivity index (χ1v) is 6.20. The summed E-state index contributed by atoms with van der Waals surface area (Å²) in [4.78, 5) is 15.3. The van der Waals surface area contributed by atoms with Crippen LogP contribution in [-0.4, -0.2) is 21.1 Å². The minimum atomic E-state index is 0.715. The van der Waals surface area contributed by atoms with E-state index in [1.54, 1.807) is 0 Å². The minimum absolute atomic E-state index is 0.715. The van der Waals surface area contributed by atoms with E-state index in [1.807, 2.05) is 36.7 Å². The predicted molar refractivity (Wildman–Crippen MR) is 70.2 cm³/mol. The highest BCUT2D eigenvalue weighted by Crippen LogP contribution is 2.15. The highest BCUT2D eigenvalue weighted by Gasteiger charge is 2.09. The van der Waals surface area contributed by atoms with Gasteiger partial charge in [-0.05, 0) is 30.7 Å². The predicted octanol–water partition coefficient (Wildman–Crippen LogP) is 2.51. The molecule has 0 spiro atoms. The van der Waals surface area contributed by atoms with E-state index in [0.29, 0.717) is 5.56 Å². The molecule has 0 saturated carbocycles. The molecule has 2 rings (SSSR count). The molecule has 0 saturated heterocycles. The van der Waals surface area contributed by atoms with Gasteiger partial charge in [-0.1, -0.05) is 13.8 Å². The Balaban J connectivity index is 2.50. The molecule has 0 bridgehead atoms. The Labute approximate surface area is 107 Å². The van der Waals surface area contributed by atoms with Crippen molar-refractivity contribution >= 4 is 6.29 Å². The zero-order valence-corrected chi connectivity index (χ0v) is 11.0. The first-order chi connectivity index (χ1) is 8.69. The Bertz CT molecular complexity index is 572. The zero-order chi connectivity index (χ0) is 13.1. The van der Waals surface area contributed by atoms with Crippen LogP contribution in [0.25, 0.3) is 5.69 Å². The van der Waals surface area contributed by atoms with Crippen LogP contribution in [0.15, 0.2) is 18.2 Å². The summed E-state index contributed by atoms with van der Waals surface area (Å²) >= 11 is 0. The van der Waals surface area contributed by atoms with Gasteiger partial charge in [-0.3, -0.25) is 4.79 Å². The van der Waals surface area contributed by atoms with Crippen molar-refractivity contribution in [3.8, 4) is 5.69 Å². The molecule has 1 aromatic heterocycles. The number of benzene rings is 1. The maximum atomic E-state index is 10.8. The van der Waals surface area contributed by atoms with Crippen molar-refractivity contribution in [3.63, 3.8) is 0 Å². The summed E-state index contributed by atoms with van der Waals surface area (Å²) in [6.45, 7) is 6.03. The number of aldehydes is 1. The highest BCUT2D eigenvalue weighted by molar-refractivity contribution is 5.77. The lowest BCUT2D eigenvalue weighted by atomic mass is 10.1. The van der Waals surface area contributed by atoms with Crippen molar-refractivity contribution in [3.05, 3.63) is 41.0 Å². The van der Waals surface area contributed by atoms with Crippen LogP contribution in [0.3, 0.4) is 0 Å². The topological polar surface area (TPSA) is 47.8 Å². The summed E-state index contributed by atoms with van der Waals surface area (Å²) in [6.07, 6.45) is 2.53. The molecule has 0 radical (unpaired) electrons. The molecule has 4 heteroatoms. The summed E-state index contributed by atoms with van der Waals surface area (Å²) < 4.78 is 1.86. The molecular weight excluding hydrogens is 226 g/mol. The van der Waals surface area contributed by atoms with Crippen molar-refractivity contribution < 1.29 is 4.79 Å². The van der Waals surface area contributed by atoms with Crippen LogP contribution in [0.5, 0.6) is 0 Å². The standard InChI is InChI=1S/C14H17N3O/c1-4-13-15-14(5-2)17(16-13)12-7-6-11(9-18)10(3)8-12/h6-9H,4-5H2,1-3H3. The van der Waals surface area contributed by atoms with Crippen LogP contribution in [0.4, 0.5) is 0 Å². The fraction of sp³-hybridized carbons (Fsp3) is 0.357. The summed E-state index contributed by atoms with van der Waals surface area (Å²) in [5.74, 6) is 1.80. The first-order valence-electron chi connectivity index (χ1n) is 6.20. The van der Waals surface area contributed by atoms with Crippen molar-refractivity contribution in [2.24, 2.45) is 0 Å². The van der Waals surface area contributed by atoms with E-state index in [0.717, 1.165) is 42.0 Å². The molecule has 0 unspecified atom stereocenters. The lowest BCUT2D eigenvalue weighted by molar-refractivity contribution is 0.112. The van der Waals surface area contributed by atoms with Gasteiger partial charge >= 0.3 is 0 Å². The second-order valence-corrected chi connectivity index (χ2v) is 4.22. The largest absolute Gasteiger partial charge is 0.298 e. The highest BCUT2D eigenvalue weighted by atomic mass is 16.1. The number of hydrogen-bond acceptors (Lipinski definition) is 3. The number of nitrogens with zero attached hydrogens (tertiary/aromatic N) is 3. The Morgan fingerprint density at radius 1 is 1.28 bits per heavy atom. The number of carbonyl (C=O) groups excluding carboxylic acids is 1. The van der Waals surface area contributed by atoms with Crippen LogP contribution in [0, 0.1) is 6.92 Å². The smallest absolute Gasteiger partial charge is 0.151 e. The molecule has 94 valence electrons. The van der Waals surface area contributed by atoms with Gasteiger partial charge in [0.1, 0.15) is 12.1 Å². The third-order valence-corrected chi connectivity index (χ3v) is 2.98. The van der Waals surface area contributed by atoms with E-state index < -0.39 is 0 Å². The zero-order valence-electron chi connectivity index (χ0n) is 11.0. The molecule has 2 aromatic rings. The molecule has 1 aromatic carbocycles. The molecule has 0 amide bonds. The van der Waals surface area contributed by atoms with Gasteiger partial charge in [0, 0.05) is 18.4 Å². The molecule has 0 aliphatic carbocycles. The van der Waals surface area contributed by atoms with Gasteiger partial charge in [0.2, 0.25) is 0 Å². The average molecular weight is 243 g/mol. The second-order valence-electron chi connectivity index (χ2n) is 4.22. The fourth-order valence-electron chi connectivity index (χ4n) is 1.90. The van der Waals surface area contributed by atoms with E-state index in [1.165, 1.54) is 0 Å². The Morgan fingerprint density at radius 3 is 2.61 bits per heavy atom. The number of rotatable bonds is 4. The van der Waals surface area contributed by atoms with Gasteiger partial charge in [0.25, 0.3) is 0 Å². The third kappa shape index (κ3) is 2.18. The Hall–Kier alpha value is -1.97. The average Bonchev–Trinajstić information content (AvgIpc) is 2.82. The van der Waals surface area contributed by atoms with Crippen LogP contribution < -0.4 is 0 Å². The van der Waals surface area contributed by atoms with Gasteiger partial charge in [0.05, 0.1) is 5.69 Å². The molecular formula is C14H17N3O. The number of aromatic nitrogens is 3. The number of carbonyl (C=O) groups is 1. The lowest BCUT2D eigenvalue weighted by Gasteiger charge is -2.06. The number of hydrogen-bond donors (Lipinski definition) is 0. The Kier molecular flexibility index (Phi) is 3.55. The van der Waals surface area contributed by atoms with Crippen molar-refractivity contribution in [2.75, 3.05) is 0 Å². The molecule has 1 heterocycles. The normalized spacial score (nSPS) is 10.6. The van der Waals surface area contributed by atoms with Gasteiger partial charge < -0.3 is 0 Å². The van der Waals surface area contributed by atoms with E-state index in [2.05, 4.69) is 17.0 Å². The van der Waals surface area contributed by atoms with Gasteiger partial charge in [-0.2, -0.15) is 5.10 Å². The van der Waals surface area contributed by atoms with Crippen LogP contribution in [-0.2, 0) is 12.8 Å². The van der Waals surface area contributed by atoms with Gasteiger partial charge in [-0.25, -0.2) is 9.67 Å². The molecule has 0 atom stereocenters. The van der Waals surface area contributed by atoms with Crippen LogP contribution >= 0.6 is 0 Å². The maximum absolute atomic E-state index is 10.8. The third-order valence-electron chi connectivity index (χ3n) is 2.98. The van der Waals surface area contributed by atoms with Crippen LogP contribution in [0.1, 0.15) is 41.4 Å². The quantitative estimate of drug-likeness (QED) is 0.775. The van der Waals surface area contributed by atoms with Crippen molar-refractivity contribution in [1.29, 1.82) is 0 Å². The molecule has 4 nitrogen and oxygen atoms in total. The first kappa shape index (κ1) is 12.5. The summed E-state index contributed by atoms with van der Waals surface area (Å²) in [5, 5.41) is 4.48. The molecule has 0 N–H and O–H groups in total. The van der Waals surface area contributed by atoms with Crippen LogP contribution in [0.2, 0.25) is 0 Å². The van der Waals surface area contributed by atoms with E-state index in [4.69, 9.17) is 0 Å².